The zero-order valence-corrected chi connectivity index (χ0v) is 15.2. The molecule has 24 heavy (non-hydrogen) atoms. The number of nitrogens with one attached hydrogen (secondary N) is 1. The summed E-state index contributed by atoms with van der Waals surface area (Å²) in [6, 6.07) is 2.29. The van der Waals surface area contributed by atoms with Crippen LogP contribution < -0.4 is 5.32 Å². The maximum Gasteiger partial charge on any atom is 0.317 e. The van der Waals surface area contributed by atoms with E-state index in [1.165, 1.54) is 0 Å². The molecule has 134 valence electrons. The van der Waals surface area contributed by atoms with Gasteiger partial charge in [0.1, 0.15) is 0 Å². The smallest absolute Gasteiger partial charge is 0.317 e. The third-order valence-corrected chi connectivity index (χ3v) is 5.68. The number of likely N-dealkylation sites (tertiary alicyclic amines) is 1. The Hall–Kier alpha value is -1.56. The lowest BCUT2D eigenvalue weighted by atomic mass is 9.72. The number of aryl methyl sites for hydroxylation is 2. The molecule has 0 saturated carbocycles. The van der Waals surface area contributed by atoms with Crippen molar-refractivity contribution in [2.24, 2.45) is 5.41 Å². The van der Waals surface area contributed by atoms with Crippen LogP contribution in [0.2, 0.25) is 0 Å². The van der Waals surface area contributed by atoms with Crippen molar-refractivity contribution in [3.63, 3.8) is 0 Å². The SMILES string of the molecule is Cc1cc(C)n([C@@H](C)CNC(=O)N2CCC3(CCOCC3)CC2)n1. The summed E-state index contributed by atoms with van der Waals surface area (Å²) in [6.45, 7) is 10.2. The van der Waals surface area contributed by atoms with Crippen LogP contribution in [0.4, 0.5) is 4.79 Å². The molecule has 6 nitrogen and oxygen atoms in total. The molecule has 0 unspecified atom stereocenters. The molecule has 3 rings (SSSR count). The number of piperidine rings is 1. The van der Waals surface area contributed by atoms with Crippen molar-refractivity contribution < 1.29 is 9.53 Å². The zero-order valence-electron chi connectivity index (χ0n) is 15.2. The van der Waals surface area contributed by atoms with E-state index in [0.29, 0.717) is 12.0 Å². The molecule has 2 aliphatic heterocycles. The van der Waals surface area contributed by atoms with Crippen LogP contribution in [-0.4, -0.2) is 53.6 Å². The number of hydrogen-bond acceptors (Lipinski definition) is 3. The van der Waals surface area contributed by atoms with Crippen molar-refractivity contribution in [3.05, 3.63) is 17.5 Å². The second kappa shape index (κ2) is 7.13. The quantitative estimate of drug-likeness (QED) is 0.924. The molecule has 0 radical (unpaired) electrons. The van der Waals surface area contributed by atoms with Gasteiger partial charge in [-0.15, -0.1) is 0 Å². The minimum Gasteiger partial charge on any atom is -0.381 e. The van der Waals surface area contributed by atoms with E-state index in [2.05, 4.69) is 30.3 Å². The van der Waals surface area contributed by atoms with Crippen LogP contribution in [0.15, 0.2) is 6.07 Å². The van der Waals surface area contributed by atoms with E-state index in [9.17, 15) is 4.79 Å². The summed E-state index contributed by atoms with van der Waals surface area (Å²) in [4.78, 5) is 14.4. The van der Waals surface area contributed by atoms with Crippen molar-refractivity contribution in [2.75, 3.05) is 32.8 Å². The highest BCUT2D eigenvalue weighted by Crippen LogP contribution is 2.40. The molecule has 0 aromatic carbocycles. The largest absolute Gasteiger partial charge is 0.381 e. The number of hydrogen-bond donors (Lipinski definition) is 1. The average molecular weight is 334 g/mol. The molecule has 1 N–H and O–H groups in total. The molecule has 0 aliphatic carbocycles. The van der Waals surface area contributed by atoms with Gasteiger partial charge in [-0.05, 0) is 57.9 Å². The fourth-order valence-corrected chi connectivity index (χ4v) is 4.01. The van der Waals surface area contributed by atoms with Crippen LogP contribution in [0, 0.1) is 19.3 Å². The monoisotopic (exact) mass is 334 g/mol. The van der Waals surface area contributed by atoms with Gasteiger partial charge in [0.2, 0.25) is 0 Å². The summed E-state index contributed by atoms with van der Waals surface area (Å²) in [5.74, 6) is 0. The Bertz CT molecular complexity index is 568. The van der Waals surface area contributed by atoms with Crippen LogP contribution in [0.5, 0.6) is 0 Å². The minimum absolute atomic E-state index is 0.0605. The Kier molecular flexibility index (Phi) is 5.13. The molecule has 1 spiro atoms. The van der Waals surface area contributed by atoms with Gasteiger partial charge in [0, 0.05) is 38.5 Å². The van der Waals surface area contributed by atoms with E-state index in [-0.39, 0.29) is 12.1 Å². The van der Waals surface area contributed by atoms with Crippen LogP contribution in [-0.2, 0) is 4.74 Å². The van der Waals surface area contributed by atoms with Gasteiger partial charge >= 0.3 is 6.03 Å². The Morgan fingerprint density at radius 1 is 1.29 bits per heavy atom. The number of carbonyl (C=O) groups is 1. The maximum absolute atomic E-state index is 12.5. The molecule has 2 saturated heterocycles. The Balaban J connectivity index is 1.47. The van der Waals surface area contributed by atoms with Crippen molar-refractivity contribution in [1.82, 2.24) is 20.0 Å². The summed E-state index contributed by atoms with van der Waals surface area (Å²) >= 11 is 0. The minimum atomic E-state index is 0.0605. The summed E-state index contributed by atoms with van der Waals surface area (Å²) in [5.41, 5.74) is 2.57. The van der Waals surface area contributed by atoms with Crippen LogP contribution in [0.1, 0.15) is 50.0 Å². The second-order valence-electron chi connectivity index (χ2n) is 7.51. The lowest BCUT2D eigenvalue weighted by Crippen LogP contribution is -2.49. The van der Waals surface area contributed by atoms with Crippen molar-refractivity contribution in [1.29, 1.82) is 0 Å². The van der Waals surface area contributed by atoms with Gasteiger partial charge in [-0.1, -0.05) is 0 Å². The summed E-state index contributed by atoms with van der Waals surface area (Å²) in [7, 11) is 0. The topological polar surface area (TPSA) is 59.4 Å². The van der Waals surface area contributed by atoms with Crippen LogP contribution in [0.3, 0.4) is 0 Å². The number of ether oxygens (including phenoxy) is 1. The first kappa shape index (κ1) is 17.3. The van der Waals surface area contributed by atoms with Gasteiger partial charge in [-0.25, -0.2) is 4.79 Å². The highest BCUT2D eigenvalue weighted by atomic mass is 16.5. The molecule has 1 aromatic heterocycles. The van der Waals surface area contributed by atoms with E-state index in [4.69, 9.17) is 4.74 Å². The molecule has 2 fully saturated rings. The summed E-state index contributed by atoms with van der Waals surface area (Å²) in [5, 5.41) is 7.58. The second-order valence-corrected chi connectivity index (χ2v) is 7.51. The first-order valence-corrected chi connectivity index (χ1v) is 9.12. The first-order chi connectivity index (χ1) is 11.5. The van der Waals surface area contributed by atoms with E-state index in [1.54, 1.807) is 0 Å². The Morgan fingerprint density at radius 2 is 1.96 bits per heavy atom. The zero-order chi connectivity index (χ0) is 17.2. The summed E-state index contributed by atoms with van der Waals surface area (Å²) < 4.78 is 7.48. The number of aromatic nitrogens is 2. The predicted molar refractivity (Wildman–Crippen MR) is 93.1 cm³/mol. The molecule has 2 amide bonds. The molecule has 1 aromatic rings. The standard InChI is InChI=1S/C18H30N4O2/c1-14-12-15(2)22(20-14)16(3)13-19-17(23)21-8-4-18(5-9-21)6-10-24-11-7-18/h12,16H,4-11,13H2,1-3H3,(H,19,23)/t16-/m0/s1. The van der Waals surface area contributed by atoms with E-state index < -0.39 is 0 Å². The molecular weight excluding hydrogens is 304 g/mol. The normalized spacial score (nSPS) is 21.7. The third-order valence-electron chi connectivity index (χ3n) is 5.68. The van der Waals surface area contributed by atoms with E-state index in [1.807, 2.05) is 16.5 Å². The van der Waals surface area contributed by atoms with Gasteiger partial charge in [0.15, 0.2) is 0 Å². The lowest BCUT2D eigenvalue weighted by Gasteiger charge is -2.44. The van der Waals surface area contributed by atoms with Crippen molar-refractivity contribution in [3.8, 4) is 0 Å². The number of amides is 2. The van der Waals surface area contributed by atoms with Crippen LogP contribution in [0.25, 0.3) is 0 Å². The Morgan fingerprint density at radius 3 is 2.54 bits per heavy atom. The van der Waals surface area contributed by atoms with Gasteiger partial charge in [0.25, 0.3) is 0 Å². The molecule has 3 heterocycles. The number of rotatable bonds is 3. The highest BCUT2D eigenvalue weighted by molar-refractivity contribution is 5.74. The fourth-order valence-electron chi connectivity index (χ4n) is 4.01. The Labute approximate surface area is 144 Å². The fraction of sp³-hybridized carbons (Fsp3) is 0.778. The van der Waals surface area contributed by atoms with Crippen LogP contribution >= 0.6 is 0 Å². The number of urea groups is 1. The maximum atomic E-state index is 12.5. The molecule has 6 heteroatoms. The van der Waals surface area contributed by atoms with Gasteiger partial charge in [0.05, 0.1) is 11.7 Å². The van der Waals surface area contributed by atoms with Crippen molar-refractivity contribution in [2.45, 2.75) is 52.5 Å². The molecule has 0 bridgehead atoms. The van der Waals surface area contributed by atoms with Gasteiger partial charge in [-0.3, -0.25) is 4.68 Å². The van der Waals surface area contributed by atoms with Crippen molar-refractivity contribution >= 4 is 6.03 Å². The van der Waals surface area contributed by atoms with E-state index in [0.717, 1.165) is 63.4 Å². The van der Waals surface area contributed by atoms with E-state index >= 15 is 0 Å². The van der Waals surface area contributed by atoms with Gasteiger partial charge < -0.3 is 15.0 Å². The number of carbonyl (C=O) groups excluding carboxylic acids is 1. The number of nitrogens with zero attached hydrogens (tertiary/aromatic N) is 3. The molecule has 2 aliphatic rings. The van der Waals surface area contributed by atoms with Gasteiger partial charge in [-0.2, -0.15) is 5.10 Å². The predicted octanol–water partition coefficient (Wildman–Crippen LogP) is 2.66. The summed E-state index contributed by atoms with van der Waals surface area (Å²) in [6.07, 6.45) is 4.52. The third kappa shape index (κ3) is 3.74. The molecule has 1 atom stereocenters. The average Bonchev–Trinajstić information content (AvgIpc) is 2.92. The first-order valence-electron chi connectivity index (χ1n) is 9.12. The molecular formula is C18H30N4O2. The highest BCUT2D eigenvalue weighted by Gasteiger charge is 2.37. The lowest BCUT2D eigenvalue weighted by molar-refractivity contribution is -0.0145.